The van der Waals surface area contributed by atoms with Crippen molar-refractivity contribution < 1.29 is 17.9 Å². The lowest BCUT2D eigenvalue weighted by molar-refractivity contribution is -0.119. The van der Waals surface area contributed by atoms with E-state index in [9.17, 15) is 13.2 Å². The minimum Gasteiger partial charge on any atom is -0.494 e. The Bertz CT molecular complexity index is 1150. The summed E-state index contributed by atoms with van der Waals surface area (Å²) >= 11 is 1.72. The molecule has 3 rings (SSSR count). The maximum atomic E-state index is 13.4. The van der Waals surface area contributed by atoms with E-state index in [2.05, 4.69) is 36.5 Å². The van der Waals surface area contributed by atoms with Crippen LogP contribution in [0.5, 0.6) is 5.75 Å². The second kappa shape index (κ2) is 12.5. The van der Waals surface area contributed by atoms with E-state index in [1.54, 1.807) is 54.2 Å². The number of ether oxygens (including phenoxy) is 1. The molecule has 0 aromatic heterocycles. The number of amides is 1. The van der Waals surface area contributed by atoms with Gasteiger partial charge in [0.1, 0.15) is 12.3 Å². The number of sulfonamides is 1. The summed E-state index contributed by atoms with van der Waals surface area (Å²) in [6, 6.07) is 23.2. The number of aryl methyl sites for hydroxylation is 1. The van der Waals surface area contributed by atoms with Gasteiger partial charge >= 0.3 is 0 Å². The van der Waals surface area contributed by atoms with Gasteiger partial charge in [-0.25, -0.2) is 8.42 Å². The molecule has 34 heavy (non-hydrogen) atoms. The molecule has 0 saturated heterocycles. The highest BCUT2D eigenvalue weighted by Crippen LogP contribution is 2.25. The fourth-order valence-corrected chi connectivity index (χ4v) is 5.47. The average molecular weight is 499 g/mol. The van der Waals surface area contributed by atoms with Gasteiger partial charge in [0.15, 0.2) is 0 Å². The zero-order valence-corrected chi connectivity index (χ0v) is 21.1. The van der Waals surface area contributed by atoms with E-state index < -0.39 is 10.0 Å². The first-order valence-electron chi connectivity index (χ1n) is 11.1. The number of carbonyl (C=O) groups excluding carboxylic acids is 1. The fourth-order valence-electron chi connectivity index (χ4n) is 3.23. The van der Waals surface area contributed by atoms with Gasteiger partial charge in [0.25, 0.3) is 10.0 Å². The molecule has 0 radical (unpaired) electrons. The molecule has 3 aromatic rings. The van der Waals surface area contributed by atoms with Crippen molar-refractivity contribution in [3.8, 4) is 5.75 Å². The molecule has 0 fully saturated rings. The first-order chi connectivity index (χ1) is 16.4. The molecule has 0 aliphatic rings. The predicted octanol–water partition coefficient (Wildman–Crippen LogP) is 4.64. The molecule has 0 unspecified atom stereocenters. The number of nitrogens with zero attached hydrogens (tertiary/aromatic N) is 1. The molecule has 0 aliphatic carbocycles. The highest BCUT2D eigenvalue weighted by molar-refractivity contribution is 7.98. The van der Waals surface area contributed by atoms with E-state index in [1.807, 2.05) is 6.92 Å². The van der Waals surface area contributed by atoms with Crippen molar-refractivity contribution in [2.45, 2.75) is 24.5 Å². The summed E-state index contributed by atoms with van der Waals surface area (Å²) in [6.07, 6.45) is 0. The molecule has 8 heteroatoms. The molecule has 1 amide bonds. The van der Waals surface area contributed by atoms with Gasteiger partial charge in [-0.2, -0.15) is 11.8 Å². The van der Waals surface area contributed by atoms with E-state index >= 15 is 0 Å². The van der Waals surface area contributed by atoms with Gasteiger partial charge in [-0.3, -0.25) is 9.10 Å². The number of para-hydroxylation sites is 1. The number of carbonyl (C=O) groups is 1. The molecule has 0 aliphatic heterocycles. The van der Waals surface area contributed by atoms with Crippen LogP contribution in [-0.2, 0) is 20.6 Å². The molecule has 0 spiro atoms. The summed E-state index contributed by atoms with van der Waals surface area (Å²) in [7, 11) is -3.94. The van der Waals surface area contributed by atoms with Crippen molar-refractivity contribution in [2.24, 2.45) is 0 Å². The molecule has 0 atom stereocenters. The number of anilines is 1. The van der Waals surface area contributed by atoms with Crippen LogP contribution >= 0.6 is 11.8 Å². The molecule has 180 valence electrons. The fraction of sp³-hybridized carbons (Fsp3) is 0.269. The number of hydrogen-bond donors (Lipinski definition) is 1. The van der Waals surface area contributed by atoms with Crippen LogP contribution in [0.15, 0.2) is 83.8 Å². The summed E-state index contributed by atoms with van der Waals surface area (Å²) in [5.41, 5.74) is 2.89. The van der Waals surface area contributed by atoms with Gasteiger partial charge in [-0.1, -0.05) is 48.0 Å². The second-order valence-corrected chi connectivity index (χ2v) is 10.6. The maximum Gasteiger partial charge on any atom is 0.264 e. The summed E-state index contributed by atoms with van der Waals surface area (Å²) in [4.78, 5) is 12.8. The first-order valence-corrected chi connectivity index (χ1v) is 13.7. The standard InChI is InChI=1S/C26H30N2O4S2/c1-3-32-24-13-15-25(16-14-24)34(30,31)28(23-7-5-4-6-8-23)19-26(29)27-17-18-33-20-22-11-9-21(2)10-12-22/h4-16H,3,17-20H2,1-2H3,(H,27,29). The Morgan fingerprint density at radius 1 is 0.971 bits per heavy atom. The van der Waals surface area contributed by atoms with Gasteiger partial charge in [-0.15, -0.1) is 0 Å². The first kappa shape index (κ1) is 25.6. The molecular formula is C26H30N2O4S2. The molecule has 0 saturated carbocycles. The third-order valence-corrected chi connectivity index (χ3v) is 7.83. The topological polar surface area (TPSA) is 75.7 Å². The van der Waals surface area contributed by atoms with Crippen molar-refractivity contribution in [2.75, 3.05) is 29.8 Å². The monoisotopic (exact) mass is 498 g/mol. The summed E-state index contributed by atoms with van der Waals surface area (Å²) < 4.78 is 33.3. The molecule has 0 heterocycles. The zero-order valence-electron chi connectivity index (χ0n) is 19.4. The highest BCUT2D eigenvalue weighted by atomic mass is 32.2. The Morgan fingerprint density at radius 3 is 2.29 bits per heavy atom. The number of thioether (sulfide) groups is 1. The van der Waals surface area contributed by atoms with Gasteiger partial charge in [-0.05, 0) is 55.8 Å². The van der Waals surface area contributed by atoms with Crippen LogP contribution in [0.2, 0.25) is 0 Å². The lowest BCUT2D eigenvalue weighted by Gasteiger charge is -2.24. The minimum atomic E-state index is -3.94. The third-order valence-electron chi connectivity index (χ3n) is 5.01. The summed E-state index contributed by atoms with van der Waals surface area (Å²) in [5.74, 6) is 1.83. The van der Waals surface area contributed by atoms with E-state index in [0.29, 0.717) is 24.6 Å². The Kier molecular flexibility index (Phi) is 9.42. The van der Waals surface area contributed by atoms with Crippen LogP contribution in [0.25, 0.3) is 0 Å². The van der Waals surface area contributed by atoms with Gasteiger partial charge < -0.3 is 10.1 Å². The molecule has 1 N–H and O–H groups in total. The van der Waals surface area contributed by atoms with Crippen LogP contribution in [-0.4, -0.2) is 39.8 Å². The third kappa shape index (κ3) is 7.27. The van der Waals surface area contributed by atoms with Crippen molar-refractivity contribution >= 4 is 33.4 Å². The van der Waals surface area contributed by atoms with Crippen molar-refractivity contribution in [3.05, 3.63) is 90.0 Å². The summed E-state index contributed by atoms with van der Waals surface area (Å²) in [5, 5.41) is 2.84. The van der Waals surface area contributed by atoms with Gasteiger partial charge in [0.05, 0.1) is 17.2 Å². The second-order valence-electron chi connectivity index (χ2n) is 7.64. The Morgan fingerprint density at radius 2 is 1.65 bits per heavy atom. The number of hydrogen-bond acceptors (Lipinski definition) is 5. The normalized spacial score (nSPS) is 11.1. The minimum absolute atomic E-state index is 0.0984. The molecule has 6 nitrogen and oxygen atoms in total. The van der Waals surface area contributed by atoms with Crippen molar-refractivity contribution in [1.29, 1.82) is 0 Å². The van der Waals surface area contributed by atoms with Crippen LogP contribution in [0.3, 0.4) is 0 Å². The zero-order chi connectivity index (χ0) is 24.4. The molecular weight excluding hydrogens is 468 g/mol. The Balaban J connectivity index is 1.62. The number of benzene rings is 3. The maximum absolute atomic E-state index is 13.4. The smallest absolute Gasteiger partial charge is 0.264 e. The average Bonchev–Trinajstić information content (AvgIpc) is 2.84. The number of rotatable bonds is 12. The van der Waals surface area contributed by atoms with Crippen LogP contribution < -0.4 is 14.4 Å². The summed E-state index contributed by atoms with van der Waals surface area (Å²) in [6.45, 7) is 4.57. The quantitative estimate of drug-likeness (QED) is 0.368. The molecule has 3 aromatic carbocycles. The highest BCUT2D eigenvalue weighted by Gasteiger charge is 2.27. The largest absolute Gasteiger partial charge is 0.494 e. The molecule has 0 bridgehead atoms. The van der Waals surface area contributed by atoms with Crippen LogP contribution in [0.4, 0.5) is 5.69 Å². The van der Waals surface area contributed by atoms with Crippen LogP contribution in [0, 0.1) is 6.92 Å². The lowest BCUT2D eigenvalue weighted by Crippen LogP contribution is -2.41. The van der Waals surface area contributed by atoms with E-state index in [0.717, 1.165) is 15.8 Å². The Hall–Kier alpha value is -2.97. The van der Waals surface area contributed by atoms with Gasteiger partial charge in [0.2, 0.25) is 5.91 Å². The Labute approximate surface area is 206 Å². The number of nitrogens with one attached hydrogen (secondary N) is 1. The van der Waals surface area contributed by atoms with Gasteiger partial charge in [0, 0.05) is 18.1 Å². The van der Waals surface area contributed by atoms with E-state index in [1.165, 1.54) is 23.3 Å². The van der Waals surface area contributed by atoms with E-state index in [-0.39, 0.29) is 17.3 Å². The van der Waals surface area contributed by atoms with E-state index in [4.69, 9.17) is 4.74 Å². The SMILES string of the molecule is CCOc1ccc(S(=O)(=O)N(CC(=O)NCCSCc2ccc(C)cc2)c2ccccc2)cc1. The predicted molar refractivity (Wildman–Crippen MR) is 139 cm³/mol. The van der Waals surface area contributed by atoms with Crippen LogP contribution in [0.1, 0.15) is 18.1 Å². The lowest BCUT2D eigenvalue weighted by atomic mass is 10.2. The van der Waals surface area contributed by atoms with Crippen molar-refractivity contribution in [3.63, 3.8) is 0 Å². The van der Waals surface area contributed by atoms with Crippen molar-refractivity contribution in [1.82, 2.24) is 5.32 Å².